The Balaban J connectivity index is 1.27. The van der Waals surface area contributed by atoms with Gasteiger partial charge in [-0.05, 0) is 23.3 Å². The zero-order valence-corrected chi connectivity index (χ0v) is 17.7. The van der Waals surface area contributed by atoms with Crippen LogP contribution in [0, 0.1) is 0 Å². The average molecular weight is 449 g/mol. The third kappa shape index (κ3) is 3.54. The number of nitrogens with zero attached hydrogens (tertiary/aromatic N) is 2. The van der Waals surface area contributed by atoms with Crippen molar-refractivity contribution in [2.24, 2.45) is 0 Å². The summed E-state index contributed by atoms with van der Waals surface area (Å²) in [5, 5.41) is 3.44. The van der Waals surface area contributed by atoms with Gasteiger partial charge in [-0.3, -0.25) is 19.3 Å². The van der Waals surface area contributed by atoms with Crippen molar-refractivity contribution in [2.75, 3.05) is 12.3 Å². The maximum absolute atomic E-state index is 12.8. The molecule has 32 heavy (non-hydrogen) atoms. The van der Waals surface area contributed by atoms with Crippen LogP contribution < -0.4 is 5.32 Å². The van der Waals surface area contributed by atoms with Crippen LogP contribution in [0.4, 0.5) is 0 Å². The van der Waals surface area contributed by atoms with Gasteiger partial charge in [0.2, 0.25) is 5.91 Å². The summed E-state index contributed by atoms with van der Waals surface area (Å²) in [7, 11) is 0. The summed E-state index contributed by atoms with van der Waals surface area (Å²) in [5.74, 6) is -1.29. The molecule has 3 aliphatic heterocycles. The molecule has 0 aromatic heterocycles. The van der Waals surface area contributed by atoms with E-state index >= 15 is 0 Å². The number of hydrogen-bond acceptors (Lipinski definition) is 6. The molecule has 2 aromatic rings. The number of benzene rings is 2. The molecule has 0 bridgehead atoms. The third-order valence-electron chi connectivity index (χ3n) is 5.54. The van der Waals surface area contributed by atoms with E-state index in [1.54, 1.807) is 30.3 Å². The minimum atomic E-state index is -0.733. The minimum Gasteiger partial charge on any atom is -0.341 e. The second kappa shape index (κ2) is 8.16. The van der Waals surface area contributed by atoms with Crippen molar-refractivity contribution in [3.8, 4) is 0 Å². The van der Waals surface area contributed by atoms with Crippen LogP contribution in [0.15, 0.2) is 71.9 Å². The maximum Gasteiger partial charge on any atom is 0.379 e. The highest BCUT2D eigenvalue weighted by Gasteiger charge is 2.55. The first-order valence-electron chi connectivity index (χ1n) is 10.1. The lowest BCUT2D eigenvalue weighted by atomic mass is 10.0. The monoisotopic (exact) mass is 449 g/mol. The second-order valence-electron chi connectivity index (χ2n) is 7.66. The third-order valence-corrected chi connectivity index (χ3v) is 6.88. The van der Waals surface area contributed by atoms with Crippen molar-refractivity contribution < 1.29 is 24.0 Å². The molecule has 8 nitrogen and oxygen atoms in total. The lowest BCUT2D eigenvalue weighted by Crippen LogP contribution is -2.71. The Morgan fingerprint density at radius 3 is 2.44 bits per heavy atom. The molecule has 3 heterocycles. The summed E-state index contributed by atoms with van der Waals surface area (Å²) in [4.78, 5) is 57.2. The summed E-state index contributed by atoms with van der Waals surface area (Å²) in [6, 6.07) is 17.1. The summed E-state index contributed by atoms with van der Waals surface area (Å²) in [6.45, 7) is 0.101. The van der Waals surface area contributed by atoms with E-state index in [1.807, 2.05) is 30.3 Å². The fourth-order valence-corrected chi connectivity index (χ4v) is 5.32. The molecular weight excluding hydrogens is 430 g/mol. The number of hydroxylamine groups is 2. The number of β-lactam (4-membered cyclic amide) rings is 1. The van der Waals surface area contributed by atoms with Crippen LogP contribution in [-0.4, -0.2) is 57.4 Å². The summed E-state index contributed by atoms with van der Waals surface area (Å²) in [5.41, 5.74) is 2.11. The molecular formula is C23H19N3O5S. The van der Waals surface area contributed by atoms with Gasteiger partial charge in [-0.25, -0.2) is 4.79 Å². The van der Waals surface area contributed by atoms with E-state index in [4.69, 9.17) is 4.84 Å². The fourth-order valence-electron chi connectivity index (χ4n) is 3.99. The van der Waals surface area contributed by atoms with Gasteiger partial charge in [0.1, 0.15) is 17.1 Å². The van der Waals surface area contributed by atoms with Crippen molar-refractivity contribution in [1.29, 1.82) is 0 Å². The Morgan fingerprint density at radius 2 is 1.72 bits per heavy atom. The Bertz CT molecular complexity index is 1130. The van der Waals surface area contributed by atoms with Crippen molar-refractivity contribution in [3.05, 3.63) is 83.1 Å². The van der Waals surface area contributed by atoms with Gasteiger partial charge in [0.15, 0.2) is 0 Å². The van der Waals surface area contributed by atoms with Crippen LogP contribution >= 0.6 is 11.8 Å². The lowest BCUT2D eigenvalue weighted by molar-refractivity contribution is -0.180. The standard InChI is InChI=1S/C23H19N3O5S/c27-17(11-14-7-3-1-4-8-14)24-18-21(29)26-19-16(13-32-22(18)26)12-25(31-23(19)30)20(28)15-9-5-2-6-10-15/h1-10,18,22H,11-13H2,(H,24,27)/t18-,22?/m1/s1. The van der Waals surface area contributed by atoms with Gasteiger partial charge in [-0.1, -0.05) is 48.5 Å². The summed E-state index contributed by atoms with van der Waals surface area (Å²) < 4.78 is 0. The molecule has 5 rings (SSSR count). The SMILES string of the molecule is O=C(Cc1ccccc1)N[C@@H]1C(=O)N2C3=C(CSC12)CN(C(=O)c1ccccc1)OC3=O. The second-order valence-corrected chi connectivity index (χ2v) is 8.76. The molecule has 0 radical (unpaired) electrons. The van der Waals surface area contributed by atoms with Gasteiger partial charge in [-0.2, -0.15) is 5.06 Å². The molecule has 9 heteroatoms. The van der Waals surface area contributed by atoms with Crippen LogP contribution in [0.2, 0.25) is 0 Å². The number of carbonyl (C=O) groups is 4. The van der Waals surface area contributed by atoms with Gasteiger partial charge >= 0.3 is 5.97 Å². The Hall–Kier alpha value is -3.59. The first kappa shape index (κ1) is 20.3. The molecule has 3 amide bonds. The first-order valence-corrected chi connectivity index (χ1v) is 11.2. The van der Waals surface area contributed by atoms with E-state index in [-0.39, 0.29) is 35.9 Å². The van der Waals surface area contributed by atoms with E-state index in [2.05, 4.69) is 5.32 Å². The first-order chi connectivity index (χ1) is 15.5. The zero-order chi connectivity index (χ0) is 22.2. The topological polar surface area (TPSA) is 96.0 Å². The summed E-state index contributed by atoms with van der Waals surface area (Å²) >= 11 is 1.46. The predicted molar refractivity (Wildman–Crippen MR) is 116 cm³/mol. The van der Waals surface area contributed by atoms with Crippen LogP contribution in [-0.2, 0) is 25.6 Å². The number of thioether (sulfide) groups is 1. The number of amides is 3. The Labute approximate surface area is 188 Å². The van der Waals surface area contributed by atoms with Crippen LogP contribution in [0.3, 0.4) is 0 Å². The van der Waals surface area contributed by atoms with Gasteiger partial charge in [0.25, 0.3) is 11.8 Å². The van der Waals surface area contributed by atoms with Crippen LogP contribution in [0.1, 0.15) is 15.9 Å². The van der Waals surface area contributed by atoms with E-state index in [0.29, 0.717) is 16.9 Å². The van der Waals surface area contributed by atoms with E-state index in [0.717, 1.165) is 10.6 Å². The molecule has 0 spiro atoms. The predicted octanol–water partition coefficient (Wildman–Crippen LogP) is 1.50. The van der Waals surface area contributed by atoms with Crippen molar-refractivity contribution >= 4 is 35.5 Å². The number of rotatable bonds is 4. The molecule has 1 saturated heterocycles. The lowest BCUT2D eigenvalue weighted by Gasteiger charge is -2.51. The quantitative estimate of drug-likeness (QED) is 0.711. The molecule has 0 saturated carbocycles. The normalized spacial score (nSPS) is 21.9. The number of nitrogens with one attached hydrogen (secondary N) is 1. The molecule has 1 N–H and O–H groups in total. The molecule has 1 unspecified atom stereocenters. The van der Waals surface area contributed by atoms with Gasteiger partial charge in [0.05, 0.1) is 13.0 Å². The fraction of sp³-hybridized carbons (Fsp3) is 0.217. The molecule has 1 fully saturated rings. The highest BCUT2D eigenvalue weighted by molar-refractivity contribution is 8.00. The highest BCUT2D eigenvalue weighted by atomic mass is 32.2. The van der Waals surface area contributed by atoms with E-state index in [9.17, 15) is 19.2 Å². The highest BCUT2D eigenvalue weighted by Crippen LogP contribution is 2.42. The zero-order valence-electron chi connectivity index (χ0n) is 16.9. The van der Waals surface area contributed by atoms with E-state index in [1.165, 1.54) is 16.7 Å². The largest absolute Gasteiger partial charge is 0.379 e. The van der Waals surface area contributed by atoms with Crippen molar-refractivity contribution in [1.82, 2.24) is 15.3 Å². The number of carbonyl (C=O) groups excluding carboxylic acids is 4. The number of hydrogen-bond donors (Lipinski definition) is 1. The molecule has 2 aromatic carbocycles. The molecule has 3 aliphatic rings. The molecule has 2 atom stereocenters. The van der Waals surface area contributed by atoms with Crippen molar-refractivity contribution in [2.45, 2.75) is 17.8 Å². The van der Waals surface area contributed by atoms with Crippen molar-refractivity contribution in [3.63, 3.8) is 0 Å². The van der Waals surface area contributed by atoms with E-state index < -0.39 is 17.9 Å². The van der Waals surface area contributed by atoms with Gasteiger partial charge in [-0.15, -0.1) is 11.8 Å². The molecule has 0 aliphatic carbocycles. The number of fused-ring (bicyclic) bond motifs is 2. The average Bonchev–Trinajstić information content (AvgIpc) is 2.82. The minimum absolute atomic E-state index is 0.101. The Kier molecular flexibility index (Phi) is 5.18. The van der Waals surface area contributed by atoms with Gasteiger partial charge in [0, 0.05) is 11.3 Å². The smallest absolute Gasteiger partial charge is 0.341 e. The van der Waals surface area contributed by atoms with Gasteiger partial charge < -0.3 is 10.2 Å². The Morgan fingerprint density at radius 1 is 1.03 bits per heavy atom. The maximum atomic E-state index is 12.8. The van der Waals surface area contributed by atoms with Crippen LogP contribution in [0.5, 0.6) is 0 Å². The van der Waals surface area contributed by atoms with Crippen LogP contribution in [0.25, 0.3) is 0 Å². The molecule has 162 valence electrons. The summed E-state index contributed by atoms with van der Waals surface area (Å²) in [6.07, 6.45) is 0.175.